The molecule has 2 aromatic rings. The van der Waals surface area contributed by atoms with E-state index in [9.17, 15) is 4.79 Å². The maximum atomic E-state index is 12.2. The molecule has 1 aliphatic carbocycles. The second kappa shape index (κ2) is 6.63. The van der Waals surface area contributed by atoms with E-state index in [1.807, 2.05) is 25.1 Å². The number of urea groups is 1. The summed E-state index contributed by atoms with van der Waals surface area (Å²) in [6.45, 7) is 2.60. The van der Waals surface area contributed by atoms with Crippen LogP contribution in [0.3, 0.4) is 0 Å². The Labute approximate surface area is 142 Å². The van der Waals surface area contributed by atoms with E-state index in [0.717, 1.165) is 24.1 Å². The highest BCUT2D eigenvalue weighted by molar-refractivity contribution is 6.31. The first-order valence-electron chi connectivity index (χ1n) is 7.96. The number of aryl methyl sites for hydroxylation is 1. The molecular formula is C19H21ClN2O. The number of carbonyl (C=O) groups excluding carboxylic acids is 1. The quantitative estimate of drug-likeness (QED) is 0.824. The zero-order valence-electron chi connectivity index (χ0n) is 13.2. The molecule has 1 aliphatic rings. The minimum absolute atomic E-state index is 0.0853. The van der Waals surface area contributed by atoms with Crippen molar-refractivity contribution in [3.8, 4) is 0 Å². The first kappa shape index (κ1) is 15.9. The SMILES string of the molecule is Cc1ccc(Cl)cc1NC(=O)NCC1(c2ccccc2)CCC1. The van der Waals surface area contributed by atoms with Gasteiger partial charge >= 0.3 is 6.03 Å². The van der Waals surface area contributed by atoms with Gasteiger partial charge in [0, 0.05) is 22.7 Å². The van der Waals surface area contributed by atoms with Crippen molar-refractivity contribution in [1.82, 2.24) is 5.32 Å². The maximum absolute atomic E-state index is 12.2. The van der Waals surface area contributed by atoms with E-state index in [2.05, 4.69) is 34.9 Å². The molecule has 2 amide bonds. The van der Waals surface area contributed by atoms with Crippen LogP contribution in [0.4, 0.5) is 10.5 Å². The number of benzene rings is 2. The van der Waals surface area contributed by atoms with Gasteiger partial charge in [0.1, 0.15) is 0 Å². The summed E-state index contributed by atoms with van der Waals surface area (Å²) in [7, 11) is 0. The van der Waals surface area contributed by atoms with Crippen LogP contribution in [0.2, 0.25) is 5.02 Å². The molecule has 0 saturated heterocycles. The van der Waals surface area contributed by atoms with E-state index < -0.39 is 0 Å². The van der Waals surface area contributed by atoms with Gasteiger partial charge in [-0.15, -0.1) is 0 Å². The third-order valence-electron chi connectivity index (χ3n) is 4.73. The van der Waals surface area contributed by atoms with Crippen molar-refractivity contribution in [2.24, 2.45) is 0 Å². The monoisotopic (exact) mass is 328 g/mol. The standard InChI is InChI=1S/C19H21ClN2O/c1-14-8-9-16(20)12-17(14)22-18(23)21-13-19(10-5-11-19)15-6-3-2-4-7-15/h2-4,6-9,12H,5,10-11,13H2,1H3,(H2,21,22,23). The lowest BCUT2D eigenvalue weighted by molar-refractivity contribution is 0.222. The number of rotatable bonds is 4. The number of hydrogen-bond donors (Lipinski definition) is 2. The zero-order chi connectivity index (χ0) is 16.3. The fourth-order valence-electron chi connectivity index (χ4n) is 3.11. The lowest BCUT2D eigenvalue weighted by Crippen LogP contribution is -2.46. The van der Waals surface area contributed by atoms with Crippen LogP contribution >= 0.6 is 11.6 Å². The summed E-state index contributed by atoms with van der Waals surface area (Å²) in [5, 5.41) is 6.53. The van der Waals surface area contributed by atoms with Crippen molar-refractivity contribution in [2.45, 2.75) is 31.6 Å². The fourth-order valence-corrected chi connectivity index (χ4v) is 3.28. The predicted molar refractivity (Wildman–Crippen MR) is 95.2 cm³/mol. The highest BCUT2D eigenvalue weighted by atomic mass is 35.5. The topological polar surface area (TPSA) is 41.1 Å². The second-order valence-corrected chi connectivity index (χ2v) is 6.70. The van der Waals surface area contributed by atoms with E-state index >= 15 is 0 Å². The van der Waals surface area contributed by atoms with Crippen LogP contribution in [-0.2, 0) is 5.41 Å². The normalized spacial score (nSPS) is 15.6. The zero-order valence-corrected chi connectivity index (χ0v) is 14.0. The summed E-state index contributed by atoms with van der Waals surface area (Å²) in [5.41, 5.74) is 3.14. The van der Waals surface area contributed by atoms with E-state index in [4.69, 9.17) is 11.6 Å². The third-order valence-corrected chi connectivity index (χ3v) is 4.97. The smallest absolute Gasteiger partial charge is 0.319 e. The highest BCUT2D eigenvalue weighted by Gasteiger charge is 2.38. The molecule has 0 aromatic heterocycles. The summed E-state index contributed by atoms with van der Waals surface area (Å²) in [5.74, 6) is 0. The molecule has 3 rings (SSSR count). The molecule has 120 valence electrons. The molecular weight excluding hydrogens is 308 g/mol. The average Bonchev–Trinajstić information content (AvgIpc) is 2.51. The number of hydrogen-bond acceptors (Lipinski definition) is 1. The Hall–Kier alpha value is -2.00. The average molecular weight is 329 g/mol. The number of nitrogens with one attached hydrogen (secondary N) is 2. The molecule has 0 atom stereocenters. The van der Waals surface area contributed by atoms with Gasteiger partial charge in [0.25, 0.3) is 0 Å². The lowest BCUT2D eigenvalue weighted by atomic mass is 9.64. The van der Waals surface area contributed by atoms with Crippen molar-refractivity contribution < 1.29 is 4.79 Å². The number of amides is 2. The van der Waals surface area contributed by atoms with Gasteiger partial charge in [0.15, 0.2) is 0 Å². The molecule has 2 N–H and O–H groups in total. The molecule has 2 aromatic carbocycles. The van der Waals surface area contributed by atoms with Gasteiger partial charge in [0.05, 0.1) is 0 Å². The number of carbonyl (C=O) groups is 1. The summed E-state index contributed by atoms with van der Waals surface area (Å²) in [6.07, 6.45) is 3.45. The molecule has 3 nitrogen and oxygen atoms in total. The van der Waals surface area contributed by atoms with Crippen LogP contribution in [0.1, 0.15) is 30.4 Å². The third kappa shape index (κ3) is 3.50. The summed E-state index contributed by atoms with van der Waals surface area (Å²) in [4.78, 5) is 12.2. The minimum atomic E-state index is -0.183. The Morgan fingerprint density at radius 2 is 1.91 bits per heavy atom. The van der Waals surface area contributed by atoms with Gasteiger partial charge in [-0.1, -0.05) is 54.4 Å². The Morgan fingerprint density at radius 1 is 1.17 bits per heavy atom. The molecule has 4 heteroatoms. The van der Waals surface area contributed by atoms with Gasteiger partial charge < -0.3 is 10.6 Å². The first-order chi connectivity index (χ1) is 11.1. The van der Waals surface area contributed by atoms with Gasteiger partial charge in [-0.25, -0.2) is 4.79 Å². The highest BCUT2D eigenvalue weighted by Crippen LogP contribution is 2.43. The second-order valence-electron chi connectivity index (χ2n) is 6.27. The fraction of sp³-hybridized carbons (Fsp3) is 0.316. The van der Waals surface area contributed by atoms with Crippen LogP contribution in [-0.4, -0.2) is 12.6 Å². The van der Waals surface area contributed by atoms with Crippen LogP contribution in [0.15, 0.2) is 48.5 Å². The van der Waals surface area contributed by atoms with Crippen LogP contribution in [0.5, 0.6) is 0 Å². The maximum Gasteiger partial charge on any atom is 0.319 e. The lowest BCUT2D eigenvalue weighted by Gasteiger charge is -2.42. The molecule has 0 unspecified atom stereocenters. The Bertz CT molecular complexity index is 696. The summed E-state index contributed by atoms with van der Waals surface area (Å²) in [6, 6.07) is 15.8. The number of halogens is 1. The molecule has 1 saturated carbocycles. The van der Waals surface area contributed by atoms with Crippen molar-refractivity contribution >= 4 is 23.3 Å². The Balaban J connectivity index is 1.63. The van der Waals surface area contributed by atoms with E-state index in [1.54, 1.807) is 6.07 Å². The van der Waals surface area contributed by atoms with Crippen molar-refractivity contribution in [3.63, 3.8) is 0 Å². The Morgan fingerprint density at radius 3 is 2.57 bits per heavy atom. The van der Waals surface area contributed by atoms with Gasteiger partial charge in [-0.05, 0) is 43.0 Å². The number of anilines is 1. The molecule has 0 heterocycles. The van der Waals surface area contributed by atoms with E-state index in [1.165, 1.54) is 12.0 Å². The summed E-state index contributed by atoms with van der Waals surface area (Å²) >= 11 is 5.99. The van der Waals surface area contributed by atoms with Gasteiger partial charge in [-0.3, -0.25) is 0 Å². The molecule has 0 bridgehead atoms. The minimum Gasteiger partial charge on any atom is -0.337 e. The van der Waals surface area contributed by atoms with Crippen LogP contribution < -0.4 is 10.6 Å². The molecule has 1 fully saturated rings. The Kier molecular flexibility index (Phi) is 4.58. The molecule has 0 aliphatic heterocycles. The van der Waals surface area contributed by atoms with Crippen molar-refractivity contribution in [2.75, 3.05) is 11.9 Å². The predicted octanol–water partition coefficient (Wildman–Crippen LogP) is 4.89. The summed E-state index contributed by atoms with van der Waals surface area (Å²) < 4.78 is 0. The van der Waals surface area contributed by atoms with Gasteiger partial charge in [-0.2, -0.15) is 0 Å². The molecule has 0 spiro atoms. The largest absolute Gasteiger partial charge is 0.337 e. The van der Waals surface area contributed by atoms with E-state index in [0.29, 0.717) is 11.6 Å². The molecule has 23 heavy (non-hydrogen) atoms. The van der Waals surface area contributed by atoms with Crippen LogP contribution in [0, 0.1) is 6.92 Å². The van der Waals surface area contributed by atoms with E-state index in [-0.39, 0.29) is 11.4 Å². The first-order valence-corrected chi connectivity index (χ1v) is 8.33. The van der Waals surface area contributed by atoms with Crippen LogP contribution in [0.25, 0.3) is 0 Å². The van der Waals surface area contributed by atoms with Crippen molar-refractivity contribution in [1.29, 1.82) is 0 Å². The van der Waals surface area contributed by atoms with Gasteiger partial charge in [0.2, 0.25) is 0 Å². The molecule has 0 radical (unpaired) electrons. The van der Waals surface area contributed by atoms with Crippen molar-refractivity contribution in [3.05, 3.63) is 64.7 Å².